The molecule has 1 aromatic heterocycles. The molecule has 0 aliphatic carbocycles. The van der Waals surface area contributed by atoms with Crippen molar-refractivity contribution in [2.45, 2.75) is 39.2 Å². The highest BCUT2D eigenvalue weighted by Gasteiger charge is 2.21. The van der Waals surface area contributed by atoms with E-state index in [0.717, 1.165) is 19.4 Å². The number of hydrogen-bond donors (Lipinski definition) is 0. The van der Waals surface area contributed by atoms with Crippen molar-refractivity contribution in [1.29, 1.82) is 0 Å². The van der Waals surface area contributed by atoms with Crippen molar-refractivity contribution in [3.63, 3.8) is 0 Å². The number of benzene rings is 2. The molecule has 3 aromatic rings. The van der Waals surface area contributed by atoms with E-state index >= 15 is 0 Å². The highest BCUT2D eigenvalue weighted by atomic mass is 15.1. The fourth-order valence-corrected chi connectivity index (χ4v) is 3.37. The van der Waals surface area contributed by atoms with Crippen molar-refractivity contribution >= 4 is 0 Å². The summed E-state index contributed by atoms with van der Waals surface area (Å²) in [7, 11) is 2.21. The molecule has 0 aliphatic heterocycles. The summed E-state index contributed by atoms with van der Waals surface area (Å²) in [6.45, 7) is 5.55. The monoisotopic (exact) mass is 319 g/mol. The minimum absolute atomic E-state index is 0.523. The summed E-state index contributed by atoms with van der Waals surface area (Å²) in [5, 5.41) is 0. The summed E-state index contributed by atoms with van der Waals surface area (Å²) in [5.41, 5.74) is 4.18. The van der Waals surface area contributed by atoms with Gasteiger partial charge in [0.05, 0.1) is 20.0 Å². The maximum absolute atomic E-state index is 2.39. The third-order valence-electron chi connectivity index (χ3n) is 4.88. The van der Waals surface area contributed by atoms with Gasteiger partial charge in [-0.1, -0.05) is 67.6 Å². The van der Waals surface area contributed by atoms with Gasteiger partial charge in [-0.3, -0.25) is 0 Å². The summed E-state index contributed by atoms with van der Waals surface area (Å²) >= 11 is 0. The van der Waals surface area contributed by atoms with E-state index in [2.05, 4.69) is 96.9 Å². The Morgan fingerprint density at radius 2 is 1.58 bits per heavy atom. The summed E-state index contributed by atoms with van der Waals surface area (Å²) in [6, 6.07) is 21.5. The Bertz CT molecular complexity index is 772. The third-order valence-corrected chi connectivity index (χ3v) is 4.88. The van der Waals surface area contributed by atoms with Crippen LogP contribution >= 0.6 is 0 Å². The first kappa shape index (κ1) is 16.5. The molecule has 2 nitrogen and oxygen atoms in total. The lowest BCUT2D eigenvalue weighted by atomic mass is 9.96. The molecule has 0 N–H and O–H groups in total. The Hall–Kier alpha value is -2.35. The standard InChI is InChI=1S/C22H27N2/c1-4-24-17-21(15-18(2)20-13-9-6-10-14-20)23(3)22(24)16-19-11-7-5-8-12-19/h5-14,17-18H,4,15-16H2,1-3H3/q+1. The van der Waals surface area contributed by atoms with Crippen LogP contribution < -0.4 is 4.57 Å². The number of nitrogens with zero attached hydrogens (tertiary/aromatic N) is 2. The van der Waals surface area contributed by atoms with E-state index in [-0.39, 0.29) is 0 Å². The van der Waals surface area contributed by atoms with Crippen molar-refractivity contribution < 1.29 is 4.57 Å². The average Bonchev–Trinajstić information content (AvgIpc) is 2.92. The van der Waals surface area contributed by atoms with Crippen molar-refractivity contribution in [3.05, 3.63) is 89.5 Å². The van der Waals surface area contributed by atoms with E-state index in [4.69, 9.17) is 0 Å². The van der Waals surface area contributed by atoms with Gasteiger partial charge < -0.3 is 0 Å². The predicted octanol–water partition coefficient (Wildman–Crippen LogP) is 4.27. The molecule has 0 amide bonds. The Morgan fingerprint density at radius 3 is 2.21 bits per heavy atom. The average molecular weight is 319 g/mol. The van der Waals surface area contributed by atoms with Gasteiger partial charge in [-0.2, -0.15) is 0 Å². The van der Waals surface area contributed by atoms with E-state index in [0.29, 0.717) is 5.92 Å². The Labute approximate surface area is 145 Å². The number of aryl methyl sites for hydroxylation is 1. The second kappa shape index (κ2) is 7.48. The molecule has 0 saturated carbocycles. The van der Waals surface area contributed by atoms with Gasteiger partial charge in [0, 0.05) is 6.42 Å². The lowest BCUT2D eigenvalue weighted by Gasteiger charge is -2.09. The summed E-state index contributed by atoms with van der Waals surface area (Å²) < 4.78 is 4.77. The SMILES string of the molecule is CCn1cc(CC(C)c2ccccc2)[n+](C)c1Cc1ccccc1. The second-order valence-corrected chi connectivity index (χ2v) is 6.56. The largest absolute Gasteiger partial charge is 0.260 e. The minimum atomic E-state index is 0.523. The highest BCUT2D eigenvalue weighted by Crippen LogP contribution is 2.19. The van der Waals surface area contributed by atoms with Crippen molar-refractivity contribution in [2.24, 2.45) is 7.05 Å². The highest BCUT2D eigenvalue weighted by molar-refractivity contribution is 5.21. The molecule has 0 radical (unpaired) electrons. The molecule has 24 heavy (non-hydrogen) atoms. The number of hydrogen-bond acceptors (Lipinski definition) is 0. The van der Waals surface area contributed by atoms with Crippen molar-refractivity contribution in [1.82, 2.24) is 4.57 Å². The quantitative estimate of drug-likeness (QED) is 0.600. The molecule has 0 spiro atoms. The Kier molecular flexibility index (Phi) is 5.14. The molecule has 1 atom stereocenters. The molecule has 0 bridgehead atoms. The van der Waals surface area contributed by atoms with Gasteiger partial charge in [0.1, 0.15) is 11.9 Å². The normalized spacial score (nSPS) is 12.3. The van der Waals surface area contributed by atoms with Crippen LogP contribution in [0.5, 0.6) is 0 Å². The second-order valence-electron chi connectivity index (χ2n) is 6.56. The first-order chi connectivity index (χ1) is 11.7. The van der Waals surface area contributed by atoms with Crippen LogP contribution in [0.2, 0.25) is 0 Å². The maximum Gasteiger partial charge on any atom is 0.260 e. The van der Waals surface area contributed by atoms with E-state index < -0.39 is 0 Å². The Balaban J connectivity index is 1.84. The molecule has 1 unspecified atom stereocenters. The molecular weight excluding hydrogens is 292 g/mol. The van der Waals surface area contributed by atoms with Crippen LogP contribution in [0.25, 0.3) is 0 Å². The molecule has 2 heteroatoms. The molecule has 1 heterocycles. The topological polar surface area (TPSA) is 8.81 Å². The summed E-state index contributed by atoms with van der Waals surface area (Å²) in [5.74, 6) is 1.90. The van der Waals surface area contributed by atoms with Crippen LogP contribution in [0.4, 0.5) is 0 Å². The van der Waals surface area contributed by atoms with Crippen LogP contribution in [0, 0.1) is 0 Å². The zero-order valence-corrected chi connectivity index (χ0v) is 14.9. The fourth-order valence-electron chi connectivity index (χ4n) is 3.37. The van der Waals surface area contributed by atoms with Gasteiger partial charge in [0.15, 0.2) is 0 Å². The van der Waals surface area contributed by atoms with Crippen LogP contribution in [0.15, 0.2) is 66.9 Å². The summed E-state index contributed by atoms with van der Waals surface area (Å²) in [6.07, 6.45) is 4.37. The molecule has 0 saturated heterocycles. The van der Waals surface area contributed by atoms with E-state index in [9.17, 15) is 0 Å². The van der Waals surface area contributed by atoms with E-state index in [1.54, 1.807) is 0 Å². The molecule has 0 fully saturated rings. The molecule has 124 valence electrons. The number of aromatic nitrogens is 2. The van der Waals surface area contributed by atoms with Gasteiger partial charge >= 0.3 is 0 Å². The first-order valence-corrected chi connectivity index (χ1v) is 8.84. The molecule has 3 rings (SSSR count). The smallest absolute Gasteiger partial charge is 0.234 e. The van der Waals surface area contributed by atoms with Gasteiger partial charge in [-0.15, -0.1) is 0 Å². The zero-order chi connectivity index (χ0) is 16.9. The molecule has 2 aromatic carbocycles. The van der Waals surface area contributed by atoms with Gasteiger partial charge in [-0.05, 0) is 24.0 Å². The maximum atomic E-state index is 2.39. The van der Waals surface area contributed by atoms with Gasteiger partial charge in [0.25, 0.3) is 5.82 Å². The minimum Gasteiger partial charge on any atom is -0.234 e. The Morgan fingerprint density at radius 1 is 0.958 bits per heavy atom. The third kappa shape index (κ3) is 3.59. The van der Waals surface area contributed by atoms with E-state index in [1.165, 1.54) is 22.6 Å². The summed E-state index contributed by atoms with van der Waals surface area (Å²) in [4.78, 5) is 0. The molecular formula is C22H27N2+. The lowest BCUT2D eigenvalue weighted by Crippen LogP contribution is -2.37. The van der Waals surface area contributed by atoms with E-state index in [1.807, 2.05) is 0 Å². The van der Waals surface area contributed by atoms with Gasteiger partial charge in [-0.25, -0.2) is 9.13 Å². The van der Waals surface area contributed by atoms with Crippen molar-refractivity contribution in [3.8, 4) is 0 Å². The van der Waals surface area contributed by atoms with Gasteiger partial charge in [0.2, 0.25) is 0 Å². The van der Waals surface area contributed by atoms with Crippen LogP contribution in [0.1, 0.15) is 42.4 Å². The van der Waals surface area contributed by atoms with Crippen LogP contribution in [0.3, 0.4) is 0 Å². The predicted molar refractivity (Wildman–Crippen MR) is 99.1 cm³/mol. The molecule has 0 aliphatic rings. The van der Waals surface area contributed by atoms with Crippen LogP contribution in [-0.2, 0) is 26.4 Å². The lowest BCUT2D eigenvalue weighted by molar-refractivity contribution is -0.685. The fraction of sp³-hybridized carbons (Fsp3) is 0.318. The number of imidazole rings is 1. The van der Waals surface area contributed by atoms with Crippen molar-refractivity contribution in [2.75, 3.05) is 0 Å². The zero-order valence-electron chi connectivity index (χ0n) is 14.9. The number of rotatable bonds is 6. The van der Waals surface area contributed by atoms with Crippen LogP contribution in [-0.4, -0.2) is 4.57 Å². The first-order valence-electron chi connectivity index (χ1n) is 8.84.